The van der Waals surface area contributed by atoms with Crippen LogP contribution in [0.15, 0.2) is 53.4 Å². The summed E-state index contributed by atoms with van der Waals surface area (Å²) in [6.07, 6.45) is 3.83. The number of amides is 1. The van der Waals surface area contributed by atoms with Crippen molar-refractivity contribution in [2.24, 2.45) is 0 Å². The van der Waals surface area contributed by atoms with Gasteiger partial charge in [-0.3, -0.25) is 19.8 Å². The van der Waals surface area contributed by atoms with Crippen LogP contribution in [0.1, 0.15) is 31.7 Å². The number of likely N-dealkylation sites (tertiary alicyclic amines) is 1. The van der Waals surface area contributed by atoms with Crippen LogP contribution in [0.3, 0.4) is 0 Å². The van der Waals surface area contributed by atoms with Gasteiger partial charge in [-0.2, -0.15) is 0 Å². The van der Waals surface area contributed by atoms with Crippen LogP contribution in [0, 0.1) is 10.1 Å². The number of carbonyl (C=O) groups is 1. The summed E-state index contributed by atoms with van der Waals surface area (Å²) in [6.45, 7) is 5.02. The predicted octanol–water partition coefficient (Wildman–Crippen LogP) is 4.70. The molecular formula is C21H25N3O3S. The fourth-order valence-corrected chi connectivity index (χ4v) is 4.14. The first-order valence-electron chi connectivity index (χ1n) is 9.54. The van der Waals surface area contributed by atoms with Crippen LogP contribution in [0.4, 0.5) is 11.4 Å². The third kappa shape index (κ3) is 5.81. The molecule has 3 rings (SSSR count). The highest BCUT2D eigenvalue weighted by Gasteiger charge is 2.16. The highest BCUT2D eigenvalue weighted by molar-refractivity contribution is 8.00. The number of hydrogen-bond acceptors (Lipinski definition) is 5. The van der Waals surface area contributed by atoms with Gasteiger partial charge < -0.3 is 5.32 Å². The molecule has 28 heavy (non-hydrogen) atoms. The highest BCUT2D eigenvalue weighted by atomic mass is 32.2. The van der Waals surface area contributed by atoms with Gasteiger partial charge in [0.15, 0.2) is 0 Å². The van der Waals surface area contributed by atoms with E-state index >= 15 is 0 Å². The zero-order chi connectivity index (χ0) is 19.9. The fourth-order valence-electron chi connectivity index (χ4n) is 3.27. The summed E-state index contributed by atoms with van der Waals surface area (Å²) in [7, 11) is 0. The molecule has 1 saturated heterocycles. The van der Waals surface area contributed by atoms with Crippen molar-refractivity contribution < 1.29 is 9.72 Å². The van der Waals surface area contributed by atoms with E-state index in [0.717, 1.165) is 30.2 Å². The largest absolute Gasteiger partial charge is 0.325 e. The van der Waals surface area contributed by atoms with E-state index in [1.807, 2.05) is 25.1 Å². The maximum Gasteiger partial charge on any atom is 0.269 e. The summed E-state index contributed by atoms with van der Waals surface area (Å²) in [6, 6.07) is 14.3. The minimum absolute atomic E-state index is 0.0481. The van der Waals surface area contributed by atoms with Crippen LogP contribution in [0.5, 0.6) is 0 Å². The average Bonchev–Trinajstić information content (AvgIpc) is 2.69. The molecule has 0 saturated carbocycles. The number of carbonyl (C=O) groups excluding carboxylic acids is 1. The highest BCUT2D eigenvalue weighted by Crippen LogP contribution is 2.26. The monoisotopic (exact) mass is 399 g/mol. The van der Waals surface area contributed by atoms with Crippen molar-refractivity contribution in [1.82, 2.24) is 4.90 Å². The molecule has 1 unspecified atom stereocenters. The van der Waals surface area contributed by atoms with Gasteiger partial charge in [0, 0.05) is 29.3 Å². The van der Waals surface area contributed by atoms with E-state index in [1.54, 1.807) is 12.1 Å². The molecule has 1 heterocycles. The Morgan fingerprint density at radius 1 is 1.18 bits per heavy atom. The van der Waals surface area contributed by atoms with Crippen molar-refractivity contribution >= 4 is 29.0 Å². The van der Waals surface area contributed by atoms with Gasteiger partial charge in [-0.05, 0) is 62.7 Å². The van der Waals surface area contributed by atoms with Gasteiger partial charge in [-0.1, -0.05) is 18.6 Å². The Balaban J connectivity index is 1.55. The molecular weight excluding hydrogens is 374 g/mol. The second-order valence-electron chi connectivity index (χ2n) is 7.04. The van der Waals surface area contributed by atoms with Crippen molar-refractivity contribution in [2.45, 2.75) is 42.9 Å². The smallest absolute Gasteiger partial charge is 0.269 e. The van der Waals surface area contributed by atoms with Gasteiger partial charge in [0.05, 0.1) is 10.2 Å². The van der Waals surface area contributed by atoms with E-state index in [-0.39, 0.29) is 16.8 Å². The second-order valence-corrected chi connectivity index (χ2v) is 8.45. The minimum atomic E-state index is -0.429. The van der Waals surface area contributed by atoms with Crippen LogP contribution in [0.2, 0.25) is 0 Å². The molecule has 6 nitrogen and oxygen atoms in total. The molecule has 148 valence electrons. The number of nitro benzene ring substituents is 1. The van der Waals surface area contributed by atoms with Gasteiger partial charge in [-0.15, -0.1) is 11.8 Å². The number of benzene rings is 2. The lowest BCUT2D eigenvalue weighted by atomic mass is 10.1. The normalized spacial score (nSPS) is 15.8. The van der Waals surface area contributed by atoms with Crippen molar-refractivity contribution in [1.29, 1.82) is 0 Å². The van der Waals surface area contributed by atoms with Crippen molar-refractivity contribution in [3.63, 3.8) is 0 Å². The molecule has 0 aliphatic carbocycles. The first kappa shape index (κ1) is 20.4. The molecule has 7 heteroatoms. The molecule has 2 aromatic rings. The number of thioether (sulfide) groups is 1. The van der Waals surface area contributed by atoms with E-state index in [9.17, 15) is 14.9 Å². The molecule has 0 spiro atoms. The molecule has 2 aromatic carbocycles. The molecule has 0 radical (unpaired) electrons. The van der Waals surface area contributed by atoms with Gasteiger partial charge in [0.25, 0.3) is 5.69 Å². The van der Waals surface area contributed by atoms with Crippen LogP contribution in [-0.4, -0.2) is 34.1 Å². The molecule has 1 N–H and O–H groups in total. The Hall–Kier alpha value is -2.38. The maximum atomic E-state index is 12.5. The standard InChI is InChI=1S/C21H25N3O3S/c1-16(28-20-10-8-19(9-11-20)24(26)27)21(25)22-18-7-5-6-17(14-18)15-23-12-3-2-4-13-23/h5-11,14,16H,2-4,12-13,15H2,1H3,(H,22,25). The van der Waals surface area contributed by atoms with Crippen molar-refractivity contribution in [2.75, 3.05) is 18.4 Å². The third-order valence-corrected chi connectivity index (χ3v) is 5.89. The summed E-state index contributed by atoms with van der Waals surface area (Å²) < 4.78 is 0. The third-order valence-electron chi connectivity index (χ3n) is 4.78. The predicted molar refractivity (Wildman–Crippen MR) is 113 cm³/mol. The number of anilines is 1. The van der Waals surface area contributed by atoms with Crippen LogP contribution < -0.4 is 5.32 Å². The van der Waals surface area contributed by atoms with E-state index in [2.05, 4.69) is 16.3 Å². The van der Waals surface area contributed by atoms with E-state index in [1.165, 1.54) is 48.7 Å². The van der Waals surface area contributed by atoms with Crippen LogP contribution >= 0.6 is 11.8 Å². The summed E-state index contributed by atoms with van der Waals surface area (Å²) in [5, 5.41) is 13.4. The zero-order valence-electron chi connectivity index (χ0n) is 16.0. The van der Waals surface area contributed by atoms with Crippen molar-refractivity contribution in [3.8, 4) is 0 Å². The molecule has 0 aromatic heterocycles. The maximum absolute atomic E-state index is 12.5. The number of nitrogens with zero attached hydrogens (tertiary/aromatic N) is 2. The Morgan fingerprint density at radius 2 is 1.89 bits per heavy atom. The molecule has 1 aliphatic heterocycles. The number of hydrogen-bond donors (Lipinski definition) is 1. The summed E-state index contributed by atoms with van der Waals surface area (Å²) in [5.74, 6) is -0.0847. The van der Waals surface area contributed by atoms with Gasteiger partial charge in [0.1, 0.15) is 0 Å². The number of rotatable bonds is 7. The fraction of sp³-hybridized carbons (Fsp3) is 0.381. The summed E-state index contributed by atoms with van der Waals surface area (Å²) >= 11 is 1.38. The van der Waals surface area contributed by atoms with Crippen LogP contribution in [0.25, 0.3) is 0 Å². The van der Waals surface area contributed by atoms with E-state index < -0.39 is 4.92 Å². The quantitative estimate of drug-likeness (QED) is 0.415. The summed E-state index contributed by atoms with van der Waals surface area (Å²) in [4.78, 5) is 26.1. The molecule has 1 atom stereocenters. The zero-order valence-corrected chi connectivity index (χ0v) is 16.8. The number of non-ortho nitro benzene ring substituents is 1. The SMILES string of the molecule is CC(Sc1ccc([N+](=O)[O-])cc1)C(=O)Nc1cccc(CN2CCCCC2)c1. The van der Waals surface area contributed by atoms with Crippen molar-refractivity contribution in [3.05, 3.63) is 64.2 Å². The minimum Gasteiger partial charge on any atom is -0.325 e. The topological polar surface area (TPSA) is 75.5 Å². The first-order chi connectivity index (χ1) is 13.5. The second kappa shape index (κ2) is 9.71. The Kier molecular flexibility index (Phi) is 7.06. The Labute approximate surface area is 169 Å². The number of piperidine rings is 1. The van der Waals surface area contributed by atoms with Gasteiger partial charge >= 0.3 is 0 Å². The number of nitro groups is 1. The molecule has 0 bridgehead atoms. The Bertz CT molecular complexity index is 820. The number of nitrogens with one attached hydrogen (secondary N) is 1. The van der Waals surface area contributed by atoms with Gasteiger partial charge in [0.2, 0.25) is 5.91 Å². The molecule has 1 aliphatic rings. The van der Waals surface area contributed by atoms with E-state index in [0.29, 0.717) is 0 Å². The lowest BCUT2D eigenvalue weighted by Crippen LogP contribution is -2.29. The summed E-state index contributed by atoms with van der Waals surface area (Å²) in [5.41, 5.74) is 2.05. The van der Waals surface area contributed by atoms with E-state index in [4.69, 9.17) is 0 Å². The van der Waals surface area contributed by atoms with Gasteiger partial charge in [-0.25, -0.2) is 0 Å². The first-order valence-corrected chi connectivity index (χ1v) is 10.4. The lowest BCUT2D eigenvalue weighted by molar-refractivity contribution is -0.384. The molecule has 1 amide bonds. The van der Waals surface area contributed by atoms with Crippen LogP contribution in [-0.2, 0) is 11.3 Å². The Morgan fingerprint density at radius 3 is 2.57 bits per heavy atom. The molecule has 1 fully saturated rings. The lowest BCUT2D eigenvalue weighted by Gasteiger charge is -2.26. The average molecular weight is 400 g/mol.